The van der Waals surface area contributed by atoms with Crippen LogP contribution in [0.25, 0.3) is 159 Å². The lowest BCUT2D eigenvalue weighted by atomic mass is 9.78. The zero-order chi connectivity index (χ0) is 88.4. The zero-order valence-electron chi connectivity index (χ0n) is 78.3. The normalized spacial score (nSPS) is 13.8. The summed E-state index contributed by atoms with van der Waals surface area (Å²) in [5.41, 5.74) is 35.8. The van der Waals surface area contributed by atoms with Gasteiger partial charge in [0.2, 0.25) is 0 Å². The van der Waals surface area contributed by atoms with Crippen molar-refractivity contribution in [2.24, 2.45) is 0 Å². The van der Waals surface area contributed by atoms with E-state index in [-0.39, 0.29) is 54.1 Å². The van der Waals surface area contributed by atoms with Gasteiger partial charge in [0.15, 0.2) is 0 Å². The molecule has 0 radical (unpaired) electrons. The molecule has 6 aromatic heterocycles. The highest BCUT2D eigenvalue weighted by atomic mass is 14.8. The van der Waals surface area contributed by atoms with Gasteiger partial charge in [-0.15, -0.1) is 12.8 Å². The molecule has 11 aromatic rings. The van der Waals surface area contributed by atoms with Gasteiger partial charge in [-0.3, -0.25) is 0 Å². The molecule has 10 heterocycles. The topological polar surface area (TPSA) is 115 Å². The van der Waals surface area contributed by atoms with Gasteiger partial charge in [-0.25, -0.2) is 19.9 Å². The molecule has 122 heavy (non-hydrogen) atoms. The molecule has 0 spiro atoms. The summed E-state index contributed by atoms with van der Waals surface area (Å²) < 4.78 is 0. The van der Waals surface area contributed by atoms with Gasteiger partial charge < -0.3 is 19.9 Å². The van der Waals surface area contributed by atoms with E-state index in [9.17, 15) is 0 Å². The molecule has 0 aliphatic carbocycles. The maximum atomic E-state index is 6.71. The van der Waals surface area contributed by atoms with Crippen LogP contribution in [0.1, 0.15) is 314 Å². The van der Waals surface area contributed by atoms with Crippen LogP contribution in [0.5, 0.6) is 0 Å². The van der Waals surface area contributed by atoms with Crippen LogP contribution in [0.2, 0.25) is 0 Å². The number of H-pyrrole nitrogens is 4. The van der Waals surface area contributed by atoms with E-state index >= 15 is 0 Å². The van der Waals surface area contributed by atoms with E-state index in [1.165, 1.54) is 55.6 Å². The molecule has 4 N–H and O–H groups in total. The number of aromatic amines is 4. The fourth-order valence-electron chi connectivity index (χ4n) is 16.9. The molecule has 5 aromatic carbocycles. The minimum absolute atomic E-state index is 0.172. The number of fused-ring (bicyclic) bond motifs is 16. The molecule has 0 saturated carbocycles. The summed E-state index contributed by atoms with van der Waals surface area (Å²) in [6, 6.07) is 53.5. The molecule has 4 aliphatic rings. The molecule has 0 fully saturated rings. The highest BCUT2D eigenvalue weighted by Crippen LogP contribution is 2.49. The van der Waals surface area contributed by atoms with Crippen LogP contribution in [0.3, 0.4) is 0 Å². The quantitative estimate of drug-likeness (QED) is 0.124. The summed E-state index contributed by atoms with van der Waals surface area (Å²) in [6.07, 6.45) is 28.8. The molecule has 0 saturated heterocycles. The Balaban J connectivity index is 1.21. The Bertz CT molecular complexity index is 6540. The van der Waals surface area contributed by atoms with Crippen molar-refractivity contribution in [2.45, 2.75) is 262 Å². The Labute approximate surface area is 727 Å². The number of nitrogens with zero attached hydrogens (tertiary/aromatic N) is 4. The van der Waals surface area contributed by atoms with Crippen molar-refractivity contribution in [3.63, 3.8) is 0 Å². The summed E-state index contributed by atoms with van der Waals surface area (Å²) in [5, 5.41) is 0. The number of nitrogens with one attached hydrogen (secondary N) is 4. The van der Waals surface area contributed by atoms with Crippen molar-refractivity contribution in [1.82, 2.24) is 39.9 Å². The average molecular weight is 1610 g/mol. The Kier molecular flexibility index (Phi) is 20.7. The summed E-state index contributed by atoms with van der Waals surface area (Å²) in [4.78, 5) is 40.7. The molecule has 8 nitrogen and oxygen atoms in total. The molecular weight excluding hydrogens is 1480 g/mol. The number of rotatable bonds is 6. The first-order valence-corrected chi connectivity index (χ1v) is 43.7. The van der Waals surface area contributed by atoms with Gasteiger partial charge in [-0.2, -0.15) is 0 Å². The minimum Gasteiger partial charge on any atom is -0.354 e. The number of allylic oxidation sites excluding steroid dienone is 1. The van der Waals surface area contributed by atoms with E-state index in [0.29, 0.717) is 28.0 Å². The van der Waals surface area contributed by atoms with Gasteiger partial charge in [0.05, 0.1) is 56.6 Å². The van der Waals surface area contributed by atoms with Gasteiger partial charge >= 0.3 is 0 Å². The molecule has 0 amide bonds. The molecule has 15 rings (SSSR count). The number of terminal acetylenes is 2. The molecule has 0 atom stereocenters. The molecular formula is C114H126N8. The van der Waals surface area contributed by atoms with Crippen LogP contribution in [-0.2, 0) is 54.1 Å². The van der Waals surface area contributed by atoms with Crippen molar-refractivity contribution in [2.75, 3.05) is 0 Å². The number of benzene rings is 5. The lowest BCUT2D eigenvalue weighted by Crippen LogP contribution is -2.16. The fourth-order valence-corrected chi connectivity index (χ4v) is 16.9. The maximum absolute atomic E-state index is 6.71. The summed E-state index contributed by atoms with van der Waals surface area (Å²) in [6.45, 7) is 69.2. The molecule has 0 unspecified atom stereocenters. The Hall–Kier alpha value is -11.6. The predicted molar refractivity (Wildman–Crippen MR) is 527 cm³/mol. The van der Waals surface area contributed by atoms with Crippen molar-refractivity contribution < 1.29 is 0 Å². The van der Waals surface area contributed by atoms with Gasteiger partial charge in [0, 0.05) is 83.1 Å². The molecule has 622 valence electrons. The monoisotopic (exact) mass is 1610 g/mol. The Morgan fingerprint density at radius 3 is 0.639 bits per heavy atom. The highest BCUT2D eigenvalue weighted by Gasteiger charge is 2.33. The molecule has 16 bridgehead atoms. The summed E-state index contributed by atoms with van der Waals surface area (Å²) in [5.74, 6) is 6.19. The SMILES string of the molecule is C#CC1=Cc2nc1cc1[nH]c(cc1C#C)c(-c1cc(C(C)(C)C)cc(C(C)(C)C)c1)c1nc(c(-c3c4nc(c(-c5cc(C(C)(C)C)cc(C(C)(C)C)c5)c5ccc([nH]5)c(-c5cc(C(C)(C)C)cc(C(C)(C)C)c5)c5nc(c(-c6cc(C(C)(C)C)cc(C(C)(C)C)c6)c6ccc3[nH]6)C=C5)C=C4)c3ccc([nH]3)c2-c2cc(C(C)(C)C)cc(C(C)(C)C)c2)C=C1. The first-order chi connectivity index (χ1) is 56.6. The summed E-state index contributed by atoms with van der Waals surface area (Å²) in [7, 11) is 0. The predicted octanol–water partition coefficient (Wildman–Crippen LogP) is 30.6. The van der Waals surface area contributed by atoms with E-state index in [1.54, 1.807) is 0 Å². The van der Waals surface area contributed by atoms with Gasteiger partial charge in [0.25, 0.3) is 0 Å². The maximum Gasteiger partial charge on any atom is 0.0815 e. The van der Waals surface area contributed by atoms with Crippen LogP contribution < -0.4 is 0 Å². The number of aromatic nitrogens is 8. The van der Waals surface area contributed by atoms with Crippen LogP contribution in [0, 0.1) is 24.7 Å². The Morgan fingerprint density at radius 2 is 0.418 bits per heavy atom. The van der Waals surface area contributed by atoms with Crippen molar-refractivity contribution in [1.29, 1.82) is 0 Å². The Morgan fingerprint density at radius 1 is 0.213 bits per heavy atom. The van der Waals surface area contributed by atoms with Gasteiger partial charge in [-0.1, -0.05) is 311 Å². The van der Waals surface area contributed by atoms with Crippen LogP contribution in [0.4, 0.5) is 0 Å². The van der Waals surface area contributed by atoms with Crippen LogP contribution >= 0.6 is 0 Å². The number of hydrogen-bond acceptors (Lipinski definition) is 4. The van der Waals surface area contributed by atoms with Crippen molar-refractivity contribution in [3.05, 3.63) is 246 Å². The van der Waals surface area contributed by atoms with Gasteiger partial charge in [0.1, 0.15) is 0 Å². The smallest absolute Gasteiger partial charge is 0.0815 e. The van der Waals surface area contributed by atoms with E-state index in [2.05, 4.69) is 415 Å². The molecule has 8 heteroatoms. The first kappa shape index (κ1) is 85.4. The zero-order valence-corrected chi connectivity index (χ0v) is 78.3. The third kappa shape index (κ3) is 16.6. The third-order valence-electron chi connectivity index (χ3n) is 24.9. The highest BCUT2D eigenvalue weighted by molar-refractivity contribution is 6.07. The van der Waals surface area contributed by atoms with Crippen LogP contribution in [0.15, 0.2) is 140 Å². The lowest BCUT2D eigenvalue weighted by molar-refractivity contribution is 0.568. The molecule has 4 aliphatic heterocycles. The van der Waals surface area contributed by atoms with Crippen molar-refractivity contribution in [3.8, 4) is 91.4 Å². The number of hydrogen-bond donors (Lipinski definition) is 4. The third-order valence-corrected chi connectivity index (χ3v) is 24.9. The largest absolute Gasteiger partial charge is 0.354 e. The van der Waals surface area contributed by atoms with Gasteiger partial charge in [-0.05, 0) is 229 Å². The summed E-state index contributed by atoms with van der Waals surface area (Å²) >= 11 is 0. The average Bonchev–Trinajstić information content (AvgIpc) is 1.57. The van der Waals surface area contributed by atoms with E-state index in [4.69, 9.17) is 32.8 Å². The van der Waals surface area contributed by atoms with E-state index in [0.717, 1.165) is 140 Å². The second-order valence-corrected chi connectivity index (χ2v) is 45.0. The standard InChI is InChI=1S/C114H126N8/c1-33-65-57-96-101(70-53-78(111(21,22)23)62-79(54-70)112(24,25)26)88-41-45-92(119-88)104(93-46-42-89(120-93)102(97-58-66(34-2)95(122-97)64-94(65)121-96)71-55-80(113(27,28)29)63-81(56-71)114(30,31)32)103-90-43-39-86(117-90)99(68-49-74(107(9,10)11)60-75(50-68)108(12,13)14)84-37-35-82(115-84)98(67-47-72(105(3,4)5)59-73(48-67)106(6,7)8)83-36-38-85(116-83)100(87-40-44-91(103)118-87)69-51-76(109(15,16)17)61-77(52-69)110(18,19)20/h1-2,35-64,115,118-119,122H,3-32H3. The fraction of sp³-hybridized carbons (Fsp3) is 0.351. The van der Waals surface area contributed by atoms with E-state index in [1.807, 2.05) is 6.07 Å². The van der Waals surface area contributed by atoms with E-state index < -0.39 is 0 Å². The van der Waals surface area contributed by atoms with Crippen molar-refractivity contribution >= 4 is 92.2 Å². The second-order valence-electron chi connectivity index (χ2n) is 45.0. The lowest BCUT2D eigenvalue weighted by Gasteiger charge is -2.26. The first-order valence-electron chi connectivity index (χ1n) is 43.7. The minimum atomic E-state index is -0.222. The van der Waals surface area contributed by atoms with Crippen LogP contribution in [-0.4, -0.2) is 39.9 Å². The second kappa shape index (κ2) is 29.6.